The molecule has 0 aliphatic carbocycles. The van der Waals surface area contributed by atoms with Crippen molar-refractivity contribution in [3.05, 3.63) is 42.7 Å². The van der Waals surface area contributed by atoms with Crippen LogP contribution in [0, 0.1) is 5.92 Å². The van der Waals surface area contributed by atoms with Crippen LogP contribution in [0.1, 0.15) is 26.2 Å². The molecular weight excluding hydrogens is 304 g/mol. The highest BCUT2D eigenvalue weighted by molar-refractivity contribution is 5.89. The maximum Gasteiger partial charge on any atom is 0.321 e. The number of benzene rings is 1. The highest BCUT2D eigenvalue weighted by Crippen LogP contribution is 2.22. The fourth-order valence-electron chi connectivity index (χ4n) is 2.84. The van der Waals surface area contributed by atoms with Gasteiger partial charge in [0.2, 0.25) is 0 Å². The number of urea groups is 1. The van der Waals surface area contributed by atoms with Gasteiger partial charge in [-0.2, -0.15) is 0 Å². The monoisotopic (exact) mass is 326 g/mol. The fraction of sp³-hybridized carbons (Fsp3) is 0.389. The van der Waals surface area contributed by atoms with Crippen molar-refractivity contribution >= 4 is 11.7 Å². The Bertz CT molecular complexity index is 660. The summed E-state index contributed by atoms with van der Waals surface area (Å²) in [6, 6.07) is 9.21. The number of hydrogen-bond acceptors (Lipinski definition) is 4. The van der Waals surface area contributed by atoms with E-state index >= 15 is 0 Å². The minimum Gasteiger partial charge on any atom is -0.424 e. The van der Waals surface area contributed by atoms with E-state index in [0.717, 1.165) is 31.6 Å². The van der Waals surface area contributed by atoms with E-state index in [2.05, 4.69) is 22.2 Å². The number of carbonyl (C=O) groups is 1. The molecule has 0 bridgehead atoms. The van der Waals surface area contributed by atoms with Gasteiger partial charge in [-0.15, -0.1) is 0 Å². The first-order chi connectivity index (χ1) is 11.7. The number of nitrogens with zero attached hydrogens (tertiary/aromatic N) is 3. The Labute approximate surface area is 141 Å². The minimum atomic E-state index is -0.0341. The Morgan fingerprint density at radius 1 is 1.29 bits per heavy atom. The van der Waals surface area contributed by atoms with Crippen LogP contribution in [0.3, 0.4) is 0 Å². The van der Waals surface area contributed by atoms with Crippen molar-refractivity contribution < 1.29 is 9.53 Å². The standard InChI is InChI=1S/C18H22N4O2/c1-2-14-5-3-12-22(13-14)18(23)21-15-6-8-16(9-7-15)24-17-19-10-4-11-20-17/h4,6-11,14H,2-3,5,12-13H2,1H3,(H,21,23). The number of ether oxygens (including phenoxy) is 1. The molecule has 1 saturated heterocycles. The normalized spacial score (nSPS) is 17.4. The summed E-state index contributed by atoms with van der Waals surface area (Å²) in [6.45, 7) is 3.85. The van der Waals surface area contributed by atoms with Crippen LogP contribution in [0.4, 0.5) is 10.5 Å². The van der Waals surface area contributed by atoms with Gasteiger partial charge in [-0.25, -0.2) is 14.8 Å². The predicted molar refractivity (Wildman–Crippen MR) is 92.2 cm³/mol. The van der Waals surface area contributed by atoms with Crippen molar-refractivity contribution in [2.45, 2.75) is 26.2 Å². The summed E-state index contributed by atoms with van der Waals surface area (Å²) in [5.74, 6) is 1.24. The van der Waals surface area contributed by atoms with Gasteiger partial charge < -0.3 is 15.0 Å². The van der Waals surface area contributed by atoms with Crippen molar-refractivity contribution in [2.24, 2.45) is 5.92 Å². The van der Waals surface area contributed by atoms with Crippen molar-refractivity contribution in [3.63, 3.8) is 0 Å². The number of hydrogen-bond donors (Lipinski definition) is 1. The van der Waals surface area contributed by atoms with Gasteiger partial charge in [-0.05, 0) is 49.1 Å². The van der Waals surface area contributed by atoms with Gasteiger partial charge in [0.1, 0.15) is 5.75 Å². The van der Waals surface area contributed by atoms with Crippen molar-refractivity contribution in [3.8, 4) is 11.8 Å². The summed E-state index contributed by atoms with van der Waals surface area (Å²) in [5.41, 5.74) is 0.750. The van der Waals surface area contributed by atoms with Gasteiger partial charge in [0.05, 0.1) is 0 Å². The number of aromatic nitrogens is 2. The van der Waals surface area contributed by atoms with Gasteiger partial charge in [-0.1, -0.05) is 13.3 Å². The van der Waals surface area contributed by atoms with Crippen LogP contribution in [0.5, 0.6) is 11.8 Å². The molecule has 6 nitrogen and oxygen atoms in total. The second-order valence-electron chi connectivity index (χ2n) is 5.95. The molecule has 6 heteroatoms. The zero-order chi connectivity index (χ0) is 16.8. The van der Waals surface area contributed by atoms with Crippen LogP contribution in [0.25, 0.3) is 0 Å². The third-order valence-corrected chi connectivity index (χ3v) is 4.24. The largest absolute Gasteiger partial charge is 0.424 e. The summed E-state index contributed by atoms with van der Waals surface area (Å²) in [6.07, 6.45) is 6.67. The van der Waals surface area contributed by atoms with Gasteiger partial charge in [0, 0.05) is 31.2 Å². The molecule has 1 aliphatic rings. The Morgan fingerprint density at radius 3 is 2.75 bits per heavy atom. The topological polar surface area (TPSA) is 67.4 Å². The van der Waals surface area contributed by atoms with Crippen LogP contribution in [-0.2, 0) is 0 Å². The fourth-order valence-corrected chi connectivity index (χ4v) is 2.84. The van der Waals surface area contributed by atoms with Crippen LogP contribution in [-0.4, -0.2) is 34.0 Å². The zero-order valence-electron chi connectivity index (χ0n) is 13.8. The van der Waals surface area contributed by atoms with Gasteiger partial charge in [0.15, 0.2) is 0 Å². The first-order valence-corrected chi connectivity index (χ1v) is 8.35. The molecule has 1 fully saturated rings. The zero-order valence-corrected chi connectivity index (χ0v) is 13.8. The molecule has 0 radical (unpaired) electrons. The summed E-state index contributed by atoms with van der Waals surface area (Å²) < 4.78 is 5.54. The lowest BCUT2D eigenvalue weighted by atomic mass is 9.96. The maximum atomic E-state index is 12.4. The summed E-state index contributed by atoms with van der Waals surface area (Å²) >= 11 is 0. The number of rotatable bonds is 4. The Balaban J connectivity index is 1.56. The van der Waals surface area contributed by atoms with Crippen molar-refractivity contribution in [2.75, 3.05) is 18.4 Å². The Morgan fingerprint density at radius 2 is 2.04 bits per heavy atom. The molecular formula is C18H22N4O2. The molecule has 1 aliphatic heterocycles. The van der Waals surface area contributed by atoms with E-state index in [-0.39, 0.29) is 6.03 Å². The SMILES string of the molecule is CCC1CCCN(C(=O)Nc2ccc(Oc3ncccn3)cc2)C1. The highest BCUT2D eigenvalue weighted by Gasteiger charge is 2.22. The molecule has 3 rings (SSSR count). The number of likely N-dealkylation sites (tertiary alicyclic amines) is 1. The molecule has 24 heavy (non-hydrogen) atoms. The van der Waals surface area contributed by atoms with Crippen molar-refractivity contribution in [1.82, 2.24) is 14.9 Å². The molecule has 2 heterocycles. The Kier molecular flexibility index (Phi) is 5.25. The summed E-state index contributed by atoms with van der Waals surface area (Å²) in [4.78, 5) is 22.3. The number of nitrogens with one attached hydrogen (secondary N) is 1. The van der Waals surface area contributed by atoms with Gasteiger partial charge in [-0.3, -0.25) is 0 Å². The molecule has 2 aromatic rings. The number of piperidine rings is 1. The molecule has 1 N–H and O–H groups in total. The molecule has 0 spiro atoms. The van der Waals surface area contributed by atoms with E-state index < -0.39 is 0 Å². The van der Waals surface area contributed by atoms with E-state index in [0.29, 0.717) is 17.7 Å². The maximum absolute atomic E-state index is 12.4. The molecule has 2 amide bonds. The molecule has 0 saturated carbocycles. The first-order valence-electron chi connectivity index (χ1n) is 8.35. The predicted octanol–water partition coefficient (Wildman–Crippen LogP) is 3.92. The Hall–Kier alpha value is -2.63. The molecule has 1 aromatic carbocycles. The lowest BCUT2D eigenvalue weighted by Crippen LogP contribution is -2.42. The third kappa shape index (κ3) is 4.22. The highest BCUT2D eigenvalue weighted by atomic mass is 16.5. The summed E-state index contributed by atoms with van der Waals surface area (Å²) in [7, 11) is 0. The average Bonchev–Trinajstić information content (AvgIpc) is 2.64. The van der Waals surface area contributed by atoms with E-state index in [4.69, 9.17) is 4.74 Å². The third-order valence-electron chi connectivity index (χ3n) is 4.24. The lowest BCUT2D eigenvalue weighted by molar-refractivity contribution is 0.176. The molecule has 1 atom stereocenters. The lowest BCUT2D eigenvalue weighted by Gasteiger charge is -2.32. The average molecular weight is 326 g/mol. The second kappa shape index (κ2) is 7.77. The molecule has 126 valence electrons. The van der Waals surface area contributed by atoms with E-state index in [1.165, 1.54) is 6.42 Å². The second-order valence-corrected chi connectivity index (χ2v) is 5.95. The summed E-state index contributed by atoms with van der Waals surface area (Å²) in [5, 5.41) is 2.95. The van der Waals surface area contributed by atoms with Crippen molar-refractivity contribution in [1.29, 1.82) is 0 Å². The van der Waals surface area contributed by atoms with Gasteiger partial charge >= 0.3 is 12.0 Å². The van der Waals surface area contributed by atoms with Gasteiger partial charge in [0.25, 0.3) is 0 Å². The minimum absolute atomic E-state index is 0.0341. The van der Waals surface area contributed by atoms with Crippen LogP contribution in [0.15, 0.2) is 42.7 Å². The molecule has 1 unspecified atom stereocenters. The van der Waals surface area contributed by atoms with Crippen LogP contribution < -0.4 is 10.1 Å². The molecule has 1 aromatic heterocycles. The smallest absolute Gasteiger partial charge is 0.321 e. The number of carbonyl (C=O) groups excluding carboxylic acids is 1. The van der Waals surface area contributed by atoms with E-state index in [1.807, 2.05) is 17.0 Å². The van der Waals surface area contributed by atoms with Crippen LogP contribution >= 0.6 is 0 Å². The van der Waals surface area contributed by atoms with E-state index in [9.17, 15) is 4.79 Å². The van der Waals surface area contributed by atoms with Crippen LogP contribution in [0.2, 0.25) is 0 Å². The van der Waals surface area contributed by atoms with E-state index in [1.54, 1.807) is 30.6 Å². The quantitative estimate of drug-likeness (QED) is 0.924. The number of amides is 2. The first kappa shape index (κ1) is 16.2. The number of anilines is 1.